The number of benzene rings is 6. The van der Waals surface area contributed by atoms with Crippen molar-refractivity contribution < 1.29 is 9.53 Å². The molecule has 2 nitrogen and oxygen atoms in total. The van der Waals surface area contributed by atoms with Gasteiger partial charge in [-0.15, -0.1) is 0 Å². The minimum atomic E-state index is -2.01. The first-order valence-electron chi connectivity index (χ1n) is 49.4. The van der Waals surface area contributed by atoms with E-state index in [1.165, 1.54) is 310 Å². The van der Waals surface area contributed by atoms with Crippen LogP contribution < -0.4 is 0 Å². The van der Waals surface area contributed by atoms with Crippen molar-refractivity contribution in [2.75, 3.05) is 13.2 Å². The van der Waals surface area contributed by atoms with E-state index in [1.807, 2.05) is 0 Å². The molecule has 0 heterocycles. The molecule has 0 spiro atoms. The molecule has 121 heavy (non-hydrogen) atoms. The Kier molecular flexibility index (Phi) is 51.3. The number of fused-ring (bicyclic) bond motifs is 12. The summed E-state index contributed by atoms with van der Waals surface area (Å²) in [6.07, 6.45) is 68.4. The molecule has 0 unspecified atom stereocenters. The molecule has 0 aliphatic heterocycles. The molecule has 12 bridgehead atoms. The average Bonchev–Trinajstić information content (AvgIpc) is 0.852. The highest BCUT2D eigenvalue weighted by Crippen LogP contribution is 2.37. The van der Waals surface area contributed by atoms with Crippen molar-refractivity contribution in [2.45, 2.75) is 413 Å². The van der Waals surface area contributed by atoms with Crippen molar-refractivity contribution in [1.82, 2.24) is 0 Å². The quantitative estimate of drug-likeness (QED) is 0.0304. The van der Waals surface area contributed by atoms with Crippen LogP contribution in [0, 0.1) is 97.1 Å². The molecule has 3 heteroatoms. The van der Waals surface area contributed by atoms with Crippen LogP contribution in [0.25, 0.3) is 64.6 Å². The highest BCUT2D eigenvalue weighted by Gasteiger charge is 2.37. The Morgan fingerprint density at radius 2 is 0.372 bits per heavy atom. The van der Waals surface area contributed by atoms with Crippen molar-refractivity contribution in [3.8, 4) is 0 Å². The molecule has 0 aliphatic carbocycles. The number of aliphatic hydroxyl groups excluding tert-OH is 1. The van der Waals surface area contributed by atoms with Crippen LogP contribution in [-0.4, -0.2) is 26.6 Å². The first-order valence-corrected chi connectivity index (χ1v) is 52.3. The monoisotopic (exact) mass is 1640 g/mol. The lowest BCUT2D eigenvalue weighted by molar-refractivity contribution is 0.292. The predicted octanol–water partition coefficient (Wildman–Crippen LogP) is 34.7. The Morgan fingerprint density at radius 3 is 0.545 bits per heavy atom. The summed E-state index contributed by atoms with van der Waals surface area (Å²) in [6, 6.07) is 96.1. The standard InChI is InChI=1S/C118H158O2Si/c1-10-14-18-22-26-30-34-38-42-46-50-54-62-100-82-104-66-58-60-68-106-84-102(64-56-52-48-44-40-36-32-28-24-20-16-12-3)88-110(92-106)72-76-114-95-115(99-117(98-114)79-81-120-121(8,9)118(5,6)7)77-73-111-89-103(65-57-53-49-45-41-37-33-29-25-21-17-13-4)85-107(93-111)69-61-59-67-105-83-101(63-55-51-47-43-39-35-31-27-23-19-15-11-2)87-109(91-105)71-75-113-94-112(74-70-108(86-100)90-104)96-116(97-113)78-80-119/h82-99,119H,10-57,62-65,78-81H2,1-9H3. The van der Waals surface area contributed by atoms with Gasteiger partial charge in [0, 0.05) is 77.8 Å². The van der Waals surface area contributed by atoms with E-state index in [9.17, 15) is 5.11 Å². The molecule has 0 atom stereocenters. The summed E-state index contributed by atoms with van der Waals surface area (Å²) in [5, 5.41) is 21.5. The smallest absolute Gasteiger partial charge is 0.191 e. The van der Waals surface area contributed by atoms with Crippen molar-refractivity contribution in [3.05, 3.63) is 240 Å². The Morgan fingerprint density at radius 1 is 0.215 bits per heavy atom. The fourth-order valence-electron chi connectivity index (χ4n) is 16.3. The molecule has 7 aromatic carbocycles. The second-order valence-corrected chi connectivity index (χ2v) is 41.7. The van der Waals surface area contributed by atoms with Crippen molar-refractivity contribution in [3.63, 3.8) is 0 Å². The maximum absolute atomic E-state index is 10.4. The lowest BCUT2D eigenvalue weighted by Gasteiger charge is -2.36. The fourth-order valence-corrected chi connectivity index (χ4v) is 17.4. The highest BCUT2D eigenvalue weighted by molar-refractivity contribution is 6.74. The number of unbranched alkanes of at least 4 members (excludes halogenated alkanes) is 44. The third-order valence-electron chi connectivity index (χ3n) is 24.7. The Balaban J connectivity index is 1.35. The minimum Gasteiger partial charge on any atom is -0.416 e. The van der Waals surface area contributed by atoms with Gasteiger partial charge in [-0.2, -0.15) is 0 Å². The lowest BCUT2D eigenvalue weighted by Crippen LogP contribution is -2.41. The molecule has 0 saturated carbocycles. The van der Waals surface area contributed by atoms with E-state index in [2.05, 4.69) is 268 Å². The van der Waals surface area contributed by atoms with Crippen LogP contribution >= 0.6 is 0 Å². The molecule has 0 saturated heterocycles. The van der Waals surface area contributed by atoms with Crippen LogP contribution in [0.5, 0.6) is 0 Å². The Bertz CT molecular complexity index is 4120. The first-order chi connectivity index (χ1) is 59.2. The summed E-state index contributed by atoms with van der Waals surface area (Å²) < 4.78 is 6.84. The van der Waals surface area contributed by atoms with Gasteiger partial charge in [0.25, 0.3) is 0 Å². The maximum atomic E-state index is 10.4. The highest BCUT2D eigenvalue weighted by atomic mass is 28.4. The van der Waals surface area contributed by atoms with Gasteiger partial charge in [0.1, 0.15) is 0 Å². The Labute approximate surface area is 743 Å². The number of rotatable bonds is 58. The Hall–Kier alpha value is -8.06. The van der Waals surface area contributed by atoms with E-state index in [0.29, 0.717) is 13.0 Å². The molecule has 7 aromatic rings. The van der Waals surface area contributed by atoms with E-state index in [-0.39, 0.29) is 11.6 Å². The van der Waals surface area contributed by atoms with Crippen LogP contribution in [0.3, 0.4) is 0 Å². The molecule has 0 fully saturated rings. The largest absolute Gasteiger partial charge is 0.416 e. The molecule has 0 aromatic heterocycles. The summed E-state index contributed by atoms with van der Waals surface area (Å²) >= 11 is 0. The van der Waals surface area contributed by atoms with Crippen LogP contribution in [0.1, 0.15) is 390 Å². The van der Waals surface area contributed by atoms with E-state index >= 15 is 0 Å². The zero-order chi connectivity index (χ0) is 85.7. The lowest BCUT2D eigenvalue weighted by atomic mass is 10.0. The van der Waals surface area contributed by atoms with Gasteiger partial charge in [0.15, 0.2) is 8.32 Å². The maximum Gasteiger partial charge on any atom is 0.191 e. The zero-order valence-electron chi connectivity index (χ0n) is 77.8. The third kappa shape index (κ3) is 45.2. The van der Waals surface area contributed by atoms with E-state index in [0.717, 1.165) is 128 Å². The van der Waals surface area contributed by atoms with Crippen LogP contribution in [-0.2, 0) is 43.0 Å². The summed E-state index contributed by atoms with van der Waals surface area (Å²) in [4.78, 5) is 0. The van der Waals surface area contributed by atoms with Crippen LogP contribution in [0.4, 0.5) is 0 Å². The second kappa shape index (κ2) is 62.1. The molecule has 0 aliphatic rings. The molecule has 0 amide bonds. The minimum absolute atomic E-state index is 0.0344. The molecule has 7 rings (SSSR count). The van der Waals surface area contributed by atoms with Crippen LogP contribution in [0.2, 0.25) is 18.1 Å². The topological polar surface area (TPSA) is 29.5 Å². The average molecular weight is 1640 g/mol. The van der Waals surface area contributed by atoms with Gasteiger partial charge in [0.2, 0.25) is 0 Å². The summed E-state index contributed by atoms with van der Waals surface area (Å²) in [5.41, 5.74) is 7.19. The third-order valence-corrected chi connectivity index (χ3v) is 29.2. The number of aryl methyl sites for hydroxylation is 4. The normalized spacial score (nSPS) is 11.1. The van der Waals surface area contributed by atoms with Gasteiger partial charge in [-0.25, -0.2) is 0 Å². The van der Waals surface area contributed by atoms with Gasteiger partial charge >= 0.3 is 0 Å². The van der Waals surface area contributed by atoms with E-state index in [4.69, 9.17) is 4.43 Å². The van der Waals surface area contributed by atoms with Crippen LogP contribution in [0.15, 0.2) is 109 Å². The summed E-state index contributed by atoms with van der Waals surface area (Å²) in [6.45, 7) is 21.5. The predicted molar refractivity (Wildman–Crippen MR) is 527 cm³/mol. The summed E-state index contributed by atoms with van der Waals surface area (Å²) in [7, 11) is -2.01. The van der Waals surface area contributed by atoms with Gasteiger partial charge in [-0.05, 0) is 249 Å². The fraction of sp³-hybridized carbons (Fsp3) is 0.559. The summed E-state index contributed by atoms with van der Waals surface area (Å²) in [5.74, 6) is 0. The number of aliphatic hydroxyl groups is 1. The zero-order valence-corrected chi connectivity index (χ0v) is 78.8. The van der Waals surface area contributed by atoms with Crippen molar-refractivity contribution >= 4 is 73.0 Å². The SMILES string of the molecule is CCCCCCCCCCCCCCc1cc2c#cc#cc3cc(CCCCCCCCCCCCCC)cc(c#cc4cc(CCO[Si](C)(C)C(C)(C)C)cc(c#cc5cc(CCCCCCCCCCCCCC)cc(c#cc#cc6cc(CCCCCCCCCCCCCC)cc(c#cc7cc(CCO)cc(c#cc(c1)c2)c7)c6)c5)c4)c3. The van der Waals surface area contributed by atoms with Crippen molar-refractivity contribution in [1.29, 1.82) is 0 Å². The number of hydrogen-bond donors (Lipinski definition) is 1. The molecular formula is C118H158O2Si. The van der Waals surface area contributed by atoms with E-state index < -0.39 is 8.32 Å². The molecule has 1 N–H and O–H groups in total. The first kappa shape index (κ1) is 100. The van der Waals surface area contributed by atoms with Crippen molar-refractivity contribution in [2.24, 2.45) is 0 Å². The van der Waals surface area contributed by atoms with Gasteiger partial charge in [-0.1, -0.05) is 404 Å². The number of hydrogen-bond acceptors (Lipinski definition) is 2. The van der Waals surface area contributed by atoms with Gasteiger partial charge < -0.3 is 9.53 Å². The molecular weight excluding hydrogens is 1480 g/mol. The molecule has 646 valence electrons. The second-order valence-electron chi connectivity index (χ2n) is 36.9. The van der Waals surface area contributed by atoms with Gasteiger partial charge in [-0.3, -0.25) is 0 Å². The molecule has 0 radical (unpaired) electrons. The van der Waals surface area contributed by atoms with E-state index in [1.54, 1.807) is 0 Å². The van der Waals surface area contributed by atoms with Gasteiger partial charge in [0.05, 0.1) is 0 Å².